The topological polar surface area (TPSA) is 17.1 Å². The van der Waals surface area contributed by atoms with E-state index in [-0.39, 0.29) is 0 Å². The third-order valence-electron chi connectivity index (χ3n) is 2.90. The van der Waals surface area contributed by atoms with E-state index in [9.17, 15) is 57.5 Å². The Balaban J connectivity index is 4.25. The van der Waals surface area contributed by atoms with E-state index >= 15 is 0 Å². The maximum absolute atomic E-state index is 12.9. The highest BCUT2D eigenvalue weighted by molar-refractivity contribution is 5.62. The number of aldehydes is 1. The van der Waals surface area contributed by atoms with Gasteiger partial charge >= 0.3 is 24.7 Å². The third-order valence-corrected chi connectivity index (χ3v) is 2.90. The molecule has 25 heavy (non-hydrogen) atoms. The van der Waals surface area contributed by atoms with Gasteiger partial charge < -0.3 is 4.79 Å². The van der Waals surface area contributed by atoms with Crippen molar-refractivity contribution in [1.82, 2.24) is 0 Å². The number of hydrogen-bond donors (Lipinski definition) is 0. The lowest BCUT2D eigenvalue weighted by Crippen LogP contribution is -2.28. The molecule has 0 unspecified atom stereocenters. The minimum atomic E-state index is -6.28. The van der Waals surface area contributed by atoms with E-state index in [4.69, 9.17) is 0 Å². The van der Waals surface area contributed by atoms with Crippen LogP contribution in [0.4, 0.5) is 52.7 Å². The van der Waals surface area contributed by atoms with Crippen LogP contribution in [0.3, 0.4) is 0 Å². The minimum Gasteiger partial charge on any atom is -0.303 e. The second-order valence-electron chi connectivity index (χ2n) is 4.56. The Labute approximate surface area is 130 Å². The van der Waals surface area contributed by atoms with Crippen LogP contribution < -0.4 is 0 Å². The van der Waals surface area contributed by atoms with Crippen LogP contribution in [-0.4, -0.2) is 6.29 Å². The van der Waals surface area contributed by atoms with Crippen molar-refractivity contribution in [3.63, 3.8) is 0 Å². The second-order valence-corrected chi connectivity index (χ2v) is 4.56. The van der Waals surface area contributed by atoms with Crippen molar-refractivity contribution in [2.45, 2.75) is 31.1 Å². The lowest BCUT2D eigenvalue weighted by atomic mass is 9.88. The molecule has 0 amide bonds. The molecule has 0 fully saturated rings. The zero-order valence-corrected chi connectivity index (χ0v) is 11.3. The van der Waals surface area contributed by atoms with E-state index in [0.717, 1.165) is 0 Å². The molecule has 0 heterocycles. The standard InChI is InChI=1S/C12H4F12O/c13-9(14,15)5-3-6(10(16,17)18)8(12(22,23)24)7(11(19,20)21)4(5)1-2-25/h2-3H,1H2. The predicted molar refractivity (Wildman–Crippen MR) is 56.2 cm³/mol. The normalized spacial score (nSPS) is 13.9. The Morgan fingerprint density at radius 2 is 1.04 bits per heavy atom. The largest absolute Gasteiger partial charge is 0.417 e. The average molecular weight is 392 g/mol. The fourth-order valence-electron chi connectivity index (χ4n) is 2.10. The van der Waals surface area contributed by atoms with Gasteiger partial charge in [0.1, 0.15) is 6.29 Å². The van der Waals surface area contributed by atoms with Crippen LogP contribution in [0.25, 0.3) is 0 Å². The molecule has 0 aliphatic carbocycles. The van der Waals surface area contributed by atoms with Crippen LogP contribution in [-0.2, 0) is 35.9 Å². The molecule has 13 heteroatoms. The van der Waals surface area contributed by atoms with Crippen LogP contribution in [0.5, 0.6) is 0 Å². The fourth-order valence-corrected chi connectivity index (χ4v) is 2.10. The Morgan fingerprint density at radius 1 is 0.640 bits per heavy atom. The minimum absolute atomic E-state index is 0.576. The van der Waals surface area contributed by atoms with E-state index < -0.39 is 71.3 Å². The molecule has 1 aromatic carbocycles. The summed E-state index contributed by atoms with van der Waals surface area (Å²) in [5.41, 5.74) is -14.5. The summed E-state index contributed by atoms with van der Waals surface area (Å²) in [5, 5.41) is 0. The summed E-state index contributed by atoms with van der Waals surface area (Å²) < 4.78 is 154. The number of carbonyl (C=O) groups excluding carboxylic acids is 1. The van der Waals surface area contributed by atoms with Crippen molar-refractivity contribution in [3.8, 4) is 0 Å². The summed E-state index contributed by atoms with van der Waals surface area (Å²) in [7, 11) is 0. The van der Waals surface area contributed by atoms with E-state index in [1.54, 1.807) is 0 Å². The van der Waals surface area contributed by atoms with Gasteiger partial charge in [0.2, 0.25) is 0 Å². The predicted octanol–water partition coefficient (Wildman–Crippen LogP) is 5.50. The summed E-state index contributed by atoms with van der Waals surface area (Å²) in [4.78, 5) is 10.3. The zero-order valence-electron chi connectivity index (χ0n) is 11.3. The number of hydrogen-bond acceptors (Lipinski definition) is 1. The molecule has 1 nitrogen and oxygen atoms in total. The first-order valence-corrected chi connectivity index (χ1v) is 5.84. The molecular weight excluding hydrogens is 388 g/mol. The molecule has 0 radical (unpaired) electrons. The summed E-state index contributed by atoms with van der Waals surface area (Å²) in [6.45, 7) is 0. The van der Waals surface area contributed by atoms with Crippen molar-refractivity contribution < 1.29 is 57.5 Å². The van der Waals surface area contributed by atoms with Gasteiger partial charge in [0, 0.05) is 6.42 Å². The first-order valence-electron chi connectivity index (χ1n) is 5.84. The number of halogens is 12. The molecule has 0 saturated carbocycles. The monoisotopic (exact) mass is 392 g/mol. The van der Waals surface area contributed by atoms with Gasteiger partial charge in [0.25, 0.3) is 0 Å². The first-order chi connectivity index (χ1) is 10.9. The quantitative estimate of drug-likeness (QED) is 0.480. The molecule has 0 bridgehead atoms. The van der Waals surface area contributed by atoms with Crippen molar-refractivity contribution in [2.75, 3.05) is 0 Å². The van der Waals surface area contributed by atoms with Gasteiger partial charge in [-0.1, -0.05) is 0 Å². The third kappa shape index (κ3) is 4.37. The zero-order chi connectivity index (χ0) is 20.0. The van der Waals surface area contributed by atoms with E-state index in [2.05, 4.69) is 0 Å². The van der Waals surface area contributed by atoms with Crippen molar-refractivity contribution in [3.05, 3.63) is 33.9 Å². The highest BCUT2D eigenvalue weighted by Crippen LogP contribution is 2.51. The molecule has 142 valence electrons. The smallest absolute Gasteiger partial charge is 0.303 e. The van der Waals surface area contributed by atoms with E-state index in [0.29, 0.717) is 0 Å². The molecule has 1 aromatic rings. The molecule has 0 spiro atoms. The van der Waals surface area contributed by atoms with Gasteiger partial charge in [-0.3, -0.25) is 0 Å². The molecule has 0 saturated heterocycles. The number of carbonyl (C=O) groups is 1. The highest BCUT2D eigenvalue weighted by atomic mass is 19.4. The number of rotatable bonds is 2. The molecular formula is C12H4F12O. The molecule has 0 aliphatic heterocycles. The molecule has 0 N–H and O–H groups in total. The van der Waals surface area contributed by atoms with Crippen molar-refractivity contribution >= 4 is 6.29 Å². The first kappa shape index (κ1) is 21.1. The summed E-state index contributed by atoms with van der Waals surface area (Å²) in [5.74, 6) is 0. The summed E-state index contributed by atoms with van der Waals surface area (Å²) >= 11 is 0. The maximum atomic E-state index is 12.9. The summed E-state index contributed by atoms with van der Waals surface area (Å²) in [6, 6.07) is -1.07. The van der Waals surface area contributed by atoms with Crippen LogP contribution in [0.1, 0.15) is 27.8 Å². The highest BCUT2D eigenvalue weighted by Gasteiger charge is 2.53. The lowest BCUT2D eigenvalue weighted by molar-refractivity contribution is -0.176. The Hall–Kier alpha value is -1.95. The van der Waals surface area contributed by atoms with Crippen LogP contribution >= 0.6 is 0 Å². The number of alkyl halides is 12. The van der Waals surface area contributed by atoms with Gasteiger partial charge in [0.05, 0.1) is 22.3 Å². The molecule has 0 atom stereocenters. The Kier molecular flexibility index (Phi) is 5.14. The SMILES string of the molecule is O=CCc1c(C(F)(F)F)cc(C(F)(F)F)c(C(F)(F)F)c1C(F)(F)F. The average Bonchev–Trinajstić information content (AvgIpc) is 2.32. The molecule has 0 aliphatic rings. The van der Waals surface area contributed by atoms with Crippen molar-refractivity contribution in [2.24, 2.45) is 0 Å². The molecule has 0 aromatic heterocycles. The molecule has 1 rings (SSSR count). The van der Waals surface area contributed by atoms with Crippen LogP contribution in [0.2, 0.25) is 0 Å². The van der Waals surface area contributed by atoms with Crippen molar-refractivity contribution in [1.29, 1.82) is 0 Å². The Morgan fingerprint density at radius 3 is 1.32 bits per heavy atom. The van der Waals surface area contributed by atoms with E-state index in [1.807, 2.05) is 0 Å². The van der Waals surface area contributed by atoms with Crippen LogP contribution in [0, 0.1) is 0 Å². The second kappa shape index (κ2) is 6.09. The number of benzene rings is 1. The Bertz CT molecular complexity index is 659. The van der Waals surface area contributed by atoms with Gasteiger partial charge in [0.15, 0.2) is 0 Å². The van der Waals surface area contributed by atoms with Gasteiger partial charge in [-0.25, -0.2) is 0 Å². The van der Waals surface area contributed by atoms with Gasteiger partial charge in [-0.15, -0.1) is 0 Å². The van der Waals surface area contributed by atoms with Gasteiger partial charge in [-0.05, 0) is 11.6 Å². The van der Waals surface area contributed by atoms with Crippen LogP contribution in [0.15, 0.2) is 6.07 Å². The maximum Gasteiger partial charge on any atom is 0.417 e. The van der Waals surface area contributed by atoms with Gasteiger partial charge in [-0.2, -0.15) is 52.7 Å². The van der Waals surface area contributed by atoms with E-state index in [1.165, 1.54) is 0 Å². The fraction of sp³-hybridized carbons (Fsp3) is 0.417. The lowest BCUT2D eigenvalue weighted by Gasteiger charge is -2.26. The summed E-state index contributed by atoms with van der Waals surface area (Å²) in [6.07, 6.45) is -26.9.